The number of amides is 1. The predicted octanol–water partition coefficient (Wildman–Crippen LogP) is 0.648. The van der Waals surface area contributed by atoms with E-state index in [0.717, 1.165) is 6.42 Å². The van der Waals surface area contributed by atoms with Gasteiger partial charge in [-0.15, -0.1) is 0 Å². The minimum Gasteiger partial charge on any atom is -0.350 e. The van der Waals surface area contributed by atoms with Gasteiger partial charge in [-0.05, 0) is 13.3 Å². The van der Waals surface area contributed by atoms with Gasteiger partial charge >= 0.3 is 0 Å². The van der Waals surface area contributed by atoms with Crippen LogP contribution in [0.1, 0.15) is 32.7 Å². The van der Waals surface area contributed by atoms with E-state index in [2.05, 4.69) is 15.4 Å². The molecule has 2 unspecified atom stereocenters. The predicted molar refractivity (Wildman–Crippen MR) is 57.2 cm³/mol. The summed E-state index contributed by atoms with van der Waals surface area (Å²) in [6, 6.07) is 1.55. The molecular formula is C10H15N5O. The van der Waals surface area contributed by atoms with E-state index in [0.29, 0.717) is 6.42 Å². The number of nitrogens with one attached hydrogen (secondary N) is 1. The topological polar surface area (TPSA) is 83.6 Å². The van der Waals surface area contributed by atoms with Crippen LogP contribution in [0.5, 0.6) is 0 Å². The van der Waals surface area contributed by atoms with Crippen molar-refractivity contribution in [2.75, 3.05) is 0 Å². The second-order valence-corrected chi connectivity index (χ2v) is 3.53. The van der Waals surface area contributed by atoms with Gasteiger partial charge in [0.15, 0.2) is 0 Å². The Hall–Kier alpha value is -1.90. The van der Waals surface area contributed by atoms with E-state index in [4.69, 9.17) is 5.26 Å². The summed E-state index contributed by atoms with van der Waals surface area (Å²) in [6.45, 7) is 3.67. The van der Waals surface area contributed by atoms with Crippen molar-refractivity contribution in [2.24, 2.45) is 0 Å². The molecule has 0 spiro atoms. The summed E-state index contributed by atoms with van der Waals surface area (Å²) in [4.78, 5) is 15.6. The fourth-order valence-electron chi connectivity index (χ4n) is 1.27. The van der Waals surface area contributed by atoms with Crippen molar-refractivity contribution >= 4 is 5.91 Å². The van der Waals surface area contributed by atoms with Crippen LogP contribution in [0.4, 0.5) is 0 Å². The first-order valence-electron chi connectivity index (χ1n) is 5.20. The molecule has 1 heterocycles. The van der Waals surface area contributed by atoms with E-state index in [1.165, 1.54) is 17.3 Å². The minimum absolute atomic E-state index is 0.0940. The molecule has 1 rings (SSSR count). The van der Waals surface area contributed by atoms with Gasteiger partial charge in [0.1, 0.15) is 18.7 Å². The molecule has 1 N–H and O–H groups in total. The molecule has 6 nitrogen and oxygen atoms in total. The lowest BCUT2D eigenvalue weighted by atomic mass is 10.1. The standard InChI is InChI=1S/C10H15N5O/c1-3-9(4-5-11)14-10(16)8(2)15-7-12-6-13-15/h6-9H,3-4H2,1-2H3,(H,14,16). The van der Waals surface area contributed by atoms with Crippen molar-refractivity contribution in [1.29, 1.82) is 5.26 Å². The average molecular weight is 221 g/mol. The summed E-state index contributed by atoms with van der Waals surface area (Å²) >= 11 is 0. The Labute approximate surface area is 94.3 Å². The highest BCUT2D eigenvalue weighted by Gasteiger charge is 2.18. The molecule has 0 bridgehead atoms. The number of hydrogen-bond donors (Lipinski definition) is 1. The lowest BCUT2D eigenvalue weighted by molar-refractivity contribution is -0.124. The Morgan fingerprint density at radius 1 is 1.69 bits per heavy atom. The molecule has 0 aromatic carbocycles. The molecule has 0 fully saturated rings. The summed E-state index contributed by atoms with van der Waals surface area (Å²) in [5.74, 6) is -0.146. The smallest absolute Gasteiger partial charge is 0.244 e. The fraction of sp³-hybridized carbons (Fsp3) is 0.600. The minimum atomic E-state index is -0.407. The number of carbonyl (C=O) groups excluding carboxylic acids is 1. The molecule has 1 aromatic heterocycles. The normalized spacial score (nSPS) is 13.8. The summed E-state index contributed by atoms with van der Waals surface area (Å²) in [6.07, 6.45) is 3.95. The molecule has 1 aromatic rings. The average Bonchev–Trinajstić information content (AvgIpc) is 2.80. The molecule has 0 saturated carbocycles. The van der Waals surface area contributed by atoms with Gasteiger partial charge < -0.3 is 5.32 Å². The first kappa shape index (κ1) is 12.2. The zero-order chi connectivity index (χ0) is 12.0. The van der Waals surface area contributed by atoms with Crippen LogP contribution in [-0.2, 0) is 4.79 Å². The van der Waals surface area contributed by atoms with Gasteiger partial charge in [-0.25, -0.2) is 9.67 Å². The SMILES string of the molecule is CCC(CC#N)NC(=O)C(C)n1cncn1. The van der Waals surface area contributed by atoms with E-state index in [9.17, 15) is 4.79 Å². The summed E-state index contributed by atoms with van der Waals surface area (Å²) in [5.41, 5.74) is 0. The van der Waals surface area contributed by atoms with Gasteiger partial charge in [-0.1, -0.05) is 6.92 Å². The van der Waals surface area contributed by atoms with Crippen LogP contribution < -0.4 is 5.32 Å². The molecule has 6 heteroatoms. The lowest BCUT2D eigenvalue weighted by Gasteiger charge is -2.17. The van der Waals surface area contributed by atoms with Gasteiger partial charge in [0.05, 0.1) is 12.5 Å². The van der Waals surface area contributed by atoms with Crippen molar-refractivity contribution in [3.63, 3.8) is 0 Å². The number of hydrogen-bond acceptors (Lipinski definition) is 4. The van der Waals surface area contributed by atoms with Gasteiger partial charge in [0.25, 0.3) is 0 Å². The van der Waals surface area contributed by atoms with Crippen LogP contribution in [0.3, 0.4) is 0 Å². The Morgan fingerprint density at radius 3 is 2.94 bits per heavy atom. The largest absolute Gasteiger partial charge is 0.350 e. The highest BCUT2D eigenvalue weighted by Crippen LogP contribution is 2.04. The zero-order valence-electron chi connectivity index (χ0n) is 9.42. The molecular weight excluding hydrogens is 206 g/mol. The highest BCUT2D eigenvalue weighted by molar-refractivity contribution is 5.80. The van der Waals surface area contributed by atoms with E-state index >= 15 is 0 Å². The van der Waals surface area contributed by atoms with Gasteiger partial charge in [-0.3, -0.25) is 4.79 Å². The molecule has 1 amide bonds. The molecule has 86 valence electrons. The number of nitrogens with zero attached hydrogens (tertiary/aromatic N) is 4. The van der Waals surface area contributed by atoms with E-state index in [1.54, 1.807) is 6.92 Å². The third kappa shape index (κ3) is 3.05. The highest BCUT2D eigenvalue weighted by atomic mass is 16.2. The summed E-state index contributed by atoms with van der Waals surface area (Å²) in [7, 11) is 0. The zero-order valence-corrected chi connectivity index (χ0v) is 9.42. The van der Waals surface area contributed by atoms with Crippen molar-refractivity contribution in [3.8, 4) is 6.07 Å². The van der Waals surface area contributed by atoms with Crippen LogP contribution >= 0.6 is 0 Å². The Balaban J connectivity index is 2.55. The first-order valence-corrected chi connectivity index (χ1v) is 5.20. The van der Waals surface area contributed by atoms with Crippen molar-refractivity contribution in [3.05, 3.63) is 12.7 Å². The Kier molecular flexibility index (Phi) is 4.45. The number of carbonyl (C=O) groups is 1. The lowest BCUT2D eigenvalue weighted by Crippen LogP contribution is -2.38. The molecule has 16 heavy (non-hydrogen) atoms. The van der Waals surface area contributed by atoms with Crippen LogP contribution in [-0.4, -0.2) is 26.7 Å². The molecule has 0 aliphatic heterocycles. The van der Waals surface area contributed by atoms with Crippen molar-refractivity contribution in [1.82, 2.24) is 20.1 Å². The third-order valence-corrected chi connectivity index (χ3v) is 2.39. The maximum atomic E-state index is 11.8. The first-order chi connectivity index (χ1) is 7.69. The molecule has 0 aliphatic rings. The van der Waals surface area contributed by atoms with Crippen LogP contribution in [0, 0.1) is 11.3 Å². The van der Waals surface area contributed by atoms with Gasteiger partial charge in [-0.2, -0.15) is 10.4 Å². The fourth-order valence-corrected chi connectivity index (χ4v) is 1.27. The quantitative estimate of drug-likeness (QED) is 0.791. The number of rotatable bonds is 5. The maximum absolute atomic E-state index is 11.8. The molecule has 0 saturated heterocycles. The molecule has 0 radical (unpaired) electrons. The van der Waals surface area contributed by atoms with E-state index in [-0.39, 0.29) is 11.9 Å². The Morgan fingerprint density at radius 2 is 2.44 bits per heavy atom. The summed E-state index contributed by atoms with van der Waals surface area (Å²) in [5, 5.41) is 15.3. The van der Waals surface area contributed by atoms with Crippen molar-refractivity contribution < 1.29 is 4.79 Å². The van der Waals surface area contributed by atoms with Crippen molar-refractivity contribution in [2.45, 2.75) is 38.8 Å². The number of aromatic nitrogens is 3. The van der Waals surface area contributed by atoms with Crippen LogP contribution in [0.25, 0.3) is 0 Å². The van der Waals surface area contributed by atoms with Crippen LogP contribution in [0.2, 0.25) is 0 Å². The second kappa shape index (κ2) is 5.85. The van der Waals surface area contributed by atoms with Crippen LogP contribution in [0.15, 0.2) is 12.7 Å². The second-order valence-electron chi connectivity index (χ2n) is 3.53. The van der Waals surface area contributed by atoms with Gasteiger partial charge in [0, 0.05) is 6.04 Å². The molecule has 0 aliphatic carbocycles. The van der Waals surface area contributed by atoms with E-state index < -0.39 is 6.04 Å². The monoisotopic (exact) mass is 221 g/mol. The maximum Gasteiger partial charge on any atom is 0.244 e. The van der Waals surface area contributed by atoms with E-state index in [1.807, 2.05) is 13.0 Å². The summed E-state index contributed by atoms with van der Waals surface area (Å²) < 4.78 is 1.48. The molecule has 2 atom stereocenters. The van der Waals surface area contributed by atoms with Gasteiger partial charge in [0.2, 0.25) is 5.91 Å². The Bertz CT molecular complexity index is 367. The third-order valence-electron chi connectivity index (χ3n) is 2.39. The number of nitriles is 1.